The summed E-state index contributed by atoms with van der Waals surface area (Å²) in [7, 11) is 0. The number of nitrogen functional groups attached to an aromatic ring is 1. The number of aryl methyl sites for hydroxylation is 1. The lowest BCUT2D eigenvalue weighted by Gasteiger charge is -2.06. The fraction of sp³-hybridized carbons (Fsp3) is 0.111. The molecule has 0 fully saturated rings. The van der Waals surface area contributed by atoms with Crippen LogP contribution in [0.5, 0.6) is 0 Å². The van der Waals surface area contributed by atoms with E-state index in [1.807, 2.05) is 0 Å². The lowest BCUT2D eigenvalue weighted by Crippen LogP contribution is -2.09. The molecule has 3 aromatic rings. The highest BCUT2D eigenvalue weighted by Gasteiger charge is 2.34. The lowest BCUT2D eigenvalue weighted by molar-refractivity contribution is -0.141. The summed E-state index contributed by atoms with van der Waals surface area (Å²) in [5, 5.41) is 3.49. The van der Waals surface area contributed by atoms with Gasteiger partial charge >= 0.3 is 6.18 Å². The summed E-state index contributed by atoms with van der Waals surface area (Å²) in [6.07, 6.45) is -4.60. The highest BCUT2D eigenvalue weighted by atomic mass is 19.4. The Morgan fingerprint density at radius 2 is 1.70 bits per heavy atom. The number of hydrogen-bond donors (Lipinski definition) is 1. The van der Waals surface area contributed by atoms with Gasteiger partial charge in [-0.15, -0.1) is 0 Å². The van der Waals surface area contributed by atoms with Crippen molar-refractivity contribution in [2.45, 2.75) is 13.1 Å². The minimum absolute atomic E-state index is 0.0375. The van der Waals surface area contributed by atoms with Crippen molar-refractivity contribution in [3.63, 3.8) is 0 Å². The Morgan fingerprint density at radius 3 is 2.30 bits per heavy atom. The number of benzene rings is 1. The van der Waals surface area contributed by atoms with Crippen molar-refractivity contribution in [1.29, 1.82) is 0 Å². The van der Waals surface area contributed by atoms with Crippen molar-refractivity contribution >= 4 is 5.69 Å². The first-order valence-corrected chi connectivity index (χ1v) is 7.53. The van der Waals surface area contributed by atoms with Gasteiger partial charge in [0.2, 0.25) is 0 Å². The first-order chi connectivity index (χ1) is 12.7. The van der Waals surface area contributed by atoms with Gasteiger partial charge in [-0.1, -0.05) is 12.0 Å². The molecule has 0 unspecified atom stereocenters. The monoisotopic (exact) mass is 378 g/mol. The highest BCUT2D eigenvalue weighted by molar-refractivity contribution is 5.56. The summed E-state index contributed by atoms with van der Waals surface area (Å²) < 4.78 is 66.7. The van der Waals surface area contributed by atoms with E-state index in [-0.39, 0.29) is 22.9 Å². The van der Waals surface area contributed by atoms with Gasteiger partial charge in [-0.2, -0.15) is 18.3 Å². The van der Waals surface area contributed by atoms with Crippen LogP contribution in [0.3, 0.4) is 0 Å². The second-order valence-corrected chi connectivity index (χ2v) is 5.53. The Kier molecular flexibility index (Phi) is 4.57. The van der Waals surface area contributed by atoms with E-state index in [0.29, 0.717) is 0 Å². The Labute approximate surface area is 150 Å². The molecule has 0 atom stereocenters. The van der Waals surface area contributed by atoms with E-state index in [0.717, 1.165) is 22.9 Å². The molecule has 27 heavy (non-hydrogen) atoms. The first kappa shape index (κ1) is 18.4. The molecule has 0 amide bonds. The molecule has 0 saturated carbocycles. The number of halogens is 5. The number of hydrogen-bond acceptors (Lipinski definition) is 3. The van der Waals surface area contributed by atoms with Crippen LogP contribution < -0.4 is 5.73 Å². The van der Waals surface area contributed by atoms with Crippen molar-refractivity contribution in [1.82, 2.24) is 14.8 Å². The Morgan fingerprint density at radius 1 is 1.04 bits per heavy atom. The Balaban J connectivity index is 2.05. The molecule has 2 heterocycles. The van der Waals surface area contributed by atoms with Crippen LogP contribution in [0.15, 0.2) is 36.4 Å². The van der Waals surface area contributed by atoms with Gasteiger partial charge in [-0.3, -0.25) is 0 Å². The van der Waals surface area contributed by atoms with Gasteiger partial charge < -0.3 is 5.73 Å². The van der Waals surface area contributed by atoms with E-state index in [1.165, 1.54) is 25.1 Å². The van der Waals surface area contributed by atoms with E-state index < -0.39 is 29.1 Å². The molecular weight excluding hydrogens is 367 g/mol. The summed E-state index contributed by atoms with van der Waals surface area (Å²) >= 11 is 0. The summed E-state index contributed by atoms with van der Waals surface area (Å²) in [4.78, 5) is 4.06. The van der Waals surface area contributed by atoms with Crippen molar-refractivity contribution < 1.29 is 22.0 Å². The maximum absolute atomic E-state index is 13.7. The van der Waals surface area contributed by atoms with Crippen molar-refractivity contribution in [3.8, 4) is 17.7 Å². The van der Waals surface area contributed by atoms with Gasteiger partial charge in [0, 0.05) is 5.69 Å². The summed E-state index contributed by atoms with van der Waals surface area (Å²) in [5.41, 5.74) is 4.48. The number of aromatic nitrogens is 3. The molecule has 0 bridgehead atoms. The number of nitrogens with zero attached hydrogens (tertiary/aromatic N) is 3. The summed E-state index contributed by atoms with van der Waals surface area (Å²) in [6.45, 7) is 1.43. The van der Waals surface area contributed by atoms with E-state index in [4.69, 9.17) is 5.73 Å². The van der Waals surface area contributed by atoms with Gasteiger partial charge in [0.25, 0.3) is 0 Å². The van der Waals surface area contributed by atoms with Crippen LogP contribution in [0.2, 0.25) is 0 Å². The number of rotatable bonds is 1. The molecule has 2 aromatic heterocycles. The van der Waals surface area contributed by atoms with Crippen LogP contribution in [0.4, 0.5) is 27.6 Å². The van der Waals surface area contributed by atoms with Crippen LogP contribution >= 0.6 is 0 Å². The van der Waals surface area contributed by atoms with Gasteiger partial charge in [0.15, 0.2) is 11.5 Å². The second kappa shape index (κ2) is 6.72. The fourth-order valence-corrected chi connectivity index (χ4v) is 2.26. The zero-order valence-electron chi connectivity index (χ0n) is 13.8. The van der Waals surface area contributed by atoms with E-state index >= 15 is 0 Å². The zero-order chi connectivity index (χ0) is 19.8. The van der Waals surface area contributed by atoms with Crippen LogP contribution in [0, 0.1) is 30.4 Å². The van der Waals surface area contributed by atoms with Gasteiger partial charge in [-0.05, 0) is 43.2 Å². The Hall–Kier alpha value is -3.41. The predicted molar refractivity (Wildman–Crippen MR) is 87.8 cm³/mol. The molecule has 0 aliphatic rings. The molecule has 138 valence electrons. The third-order valence-corrected chi connectivity index (χ3v) is 3.58. The Bertz CT molecular complexity index is 1050. The smallest absolute Gasteiger partial charge is 0.396 e. The van der Waals surface area contributed by atoms with E-state index in [1.54, 1.807) is 0 Å². The summed E-state index contributed by atoms with van der Waals surface area (Å²) in [5.74, 6) is 3.09. The van der Waals surface area contributed by atoms with Crippen LogP contribution in [-0.2, 0) is 6.18 Å². The molecule has 2 N–H and O–H groups in total. The third-order valence-electron chi connectivity index (χ3n) is 3.58. The van der Waals surface area contributed by atoms with Crippen molar-refractivity contribution in [3.05, 3.63) is 70.7 Å². The molecule has 4 nitrogen and oxygen atoms in total. The van der Waals surface area contributed by atoms with Crippen molar-refractivity contribution in [2.75, 3.05) is 5.73 Å². The summed E-state index contributed by atoms with van der Waals surface area (Å²) in [6, 6.07) is 6.90. The van der Waals surface area contributed by atoms with E-state index in [2.05, 4.69) is 21.9 Å². The lowest BCUT2D eigenvalue weighted by atomic mass is 10.2. The molecule has 0 aliphatic carbocycles. The van der Waals surface area contributed by atoms with Crippen LogP contribution in [0.25, 0.3) is 5.82 Å². The van der Waals surface area contributed by atoms with Gasteiger partial charge in [-0.25, -0.2) is 18.4 Å². The normalized spacial score (nSPS) is 11.2. The number of alkyl halides is 3. The molecule has 0 spiro atoms. The molecule has 0 saturated heterocycles. The molecule has 9 heteroatoms. The largest absolute Gasteiger partial charge is 0.435 e. The highest BCUT2D eigenvalue weighted by Crippen LogP contribution is 2.29. The fourth-order valence-electron chi connectivity index (χ4n) is 2.26. The minimum atomic E-state index is -4.60. The second-order valence-electron chi connectivity index (χ2n) is 5.53. The predicted octanol–water partition coefficient (Wildman–Crippen LogP) is 3.85. The van der Waals surface area contributed by atoms with Gasteiger partial charge in [0.05, 0.1) is 11.3 Å². The van der Waals surface area contributed by atoms with E-state index in [9.17, 15) is 22.0 Å². The quantitative estimate of drug-likeness (QED) is 0.517. The van der Waals surface area contributed by atoms with Crippen LogP contribution in [0.1, 0.15) is 22.6 Å². The number of anilines is 1. The average molecular weight is 378 g/mol. The first-order valence-electron chi connectivity index (χ1n) is 7.53. The molecular formula is C18H11F5N4. The molecule has 0 aliphatic heterocycles. The molecule has 0 radical (unpaired) electrons. The van der Waals surface area contributed by atoms with Crippen molar-refractivity contribution in [2.24, 2.45) is 0 Å². The maximum atomic E-state index is 13.7. The number of pyridine rings is 1. The third kappa shape index (κ3) is 3.74. The molecule has 3 rings (SSSR count). The average Bonchev–Trinajstić information content (AvgIpc) is 2.98. The topological polar surface area (TPSA) is 56.7 Å². The molecule has 1 aromatic carbocycles. The van der Waals surface area contributed by atoms with Crippen LogP contribution in [-0.4, -0.2) is 14.8 Å². The zero-order valence-corrected chi connectivity index (χ0v) is 13.8. The number of nitrogens with two attached hydrogens (primary N) is 1. The maximum Gasteiger partial charge on any atom is 0.435 e. The standard InChI is InChI=1S/C18H11F5N4/c1-10-9-16(18(21,22)23)26-27(10)17-8-6-14(24)15(25-17)7-5-11-12(19)3-2-4-13(11)20/h2-4,6,8-9H,24H2,1H3. The minimum Gasteiger partial charge on any atom is -0.396 e. The van der Waals surface area contributed by atoms with Gasteiger partial charge in [0.1, 0.15) is 17.3 Å². The SMILES string of the molecule is Cc1cc(C(F)(F)F)nn1-c1ccc(N)c(C#Cc2c(F)cccc2F)n1.